The lowest BCUT2D eigenvalue weighted by Crippen LogP contribution is -2.38. The molecule has 6 rings (SSSR count). The van der Waals surface area contributed by atoms with Crippen LogP contribution in [0.5, 0.6) is 0 Å². The third-order valence-electron chi connectivity index (χ3n) is 7.71. The Morgan fingerprint density at radius 1 is 0.581 bits per heavy atom. The molecule has 0 aliphatic carbocycles. The van der Waals surface area contributed by atoms with E-state index < -0.39 is 5.91 Å². The quantitative estimate of drug-likeness (QED) is 0.153. The maximum atomic E-state index is 13.4. The van der Waals surface area contributed by atoms with Crippen molar-refractivity contribution in [3.8, 4) is 0 Å². The highest BCUT2D eigenvalue weighted by molar-refractivity contribution is 6.08. The number of carbonyl (C=O) groups is 2. The van der Waals surface area contributed by atoms with Crippen LogP contribution in [0, 0.1) is 0 Å². The molecule has 216 valence electrons. The van der Waals surface area contributed by atoms with Crippen LogP contribution in [-0.2, 0) is 9.59 Å². The minimum Gasteiger partial charge on any atom is -0.382 e. The van der Waals surface area contributed by atoms with Crippen molar-refractivity contribution >= 4 is 66.8 Å². The standard InChI is InChI=1S/C35H34N6O2/c36-32(42)18-9-19-33(43)41(22-20-37-34-24-10-1-5-14-28(24)39-29-15-6-2-11-25(29)34)23-21-38-35-26-12-3-7-16-30(26)40-31-17-8-4-13-27(31)35/h1-8,10-17H,9,18-23H2,(H2,36,42)(H,37,39)(H,38,40). The third kappa shape index (κ3) is 6.18. The lowest BCUT2D eigenvalue weighted by Gasteiger charge is -2.24. The predicted molar refractivity (Wildman–Crippen MR) is 175 cm³/mol. The molecule has 0 saturated heterocycles. The smallest absolute Gasteiger partial charge is 0.222 e. The van der Waals surface area contributed by atoms with Gasteiger partial charge in [0.1, 0.15) is 0 Å². The van der Waals surface area contributed by atoms with Crippen LogP contribution in [0.15, 0.2) is 97.1 Å². The van der Waals surface area contributed by atoms with Gasteiger partial charge in [0, 0.05) is 60.6 Å². The van der Waals surface area contributed by atoms with Gasteiger partial charge in [0.05, 0.1) is 33.4 Å². The number of primary amides is 1. The number of hydrogen-bond acceptors (Lipinski definition) is 6. The van der Waals surface area contributed by atoms with E-state index in [0.717, 1.165) is 55.0 Å². The highest BCUT2D eigenvalue weighted by Gasteiger charge is 2.16. The second-order valence-corrected chi connectivity index (χ2v) is 10.6. The van der Waals surface area contributed by atoms with E-state index in [-0.39, 0.29) is 18.7 Å². The molecule has 0 radical (unpaired) electrons. The van der Waals surface area contributed by atoms with E-state index >= 15 is 0 Å². The normalized spacial score (nSPS) is 11.3. The van der Waals surface area contributed by atoms with Gasteiger partial charge in [-0.3, -0.25) is 9.59 Å². The number of nitrogens with one attached hydrogen (secondary N) is 2. The number of nitrogens with zero attached hydrogens (tertiary/aromatic N) is 3. The molecule has 0 atom stereocenters. The van der Waals surface area contributed by atoms with Crippen molar-refractivity contribution in [2.24, 2.45) is 5.73 Å². The average Bonchev–Trinajstić information content (AvgIpc) is 3.03. The lowest BCUT2D eigenvalue weighted by atomic mass is 10.1. The summed E-state index contributed by atoms with van der Waals surface area (Å²) in [6.07, 6.45) is 0.899. The Bertz CT molecular complexity index is 1710. The minimum atomic E-state index is -0.393. The van der Waals surface area contributed by atoms with Gasteiger partial charge in [-0.1, -0.05) is 72.8 Å². The first-order valence-corrected chi connectivity index (χ1v) is 14.7. The Morgan fingerprint density at radius 3 is 1.33 bits per heavy atom. The van der Waals surface area contributed by atoms with E-state index in [4.69, 9.17) is 15.7 Å². The van der Waals surface area contributed by atoms with Crippen molar-refractivity contribution in [2.45, 2.75) is 19.3 Å². The molecule has 0 saturated carbocycles. The van der Waals surface area contributed by atoms with Gasteiger partial charge in [-0.05, 0) is 30.7 Å². The average molecular weight is 571 g/mol. The van der Waals surface area contributed by atoms with Crippen LogP contribution in [0.25, 0.3) is 43.6 Å². The molecule has 0 aliphatic heterocycles. The number of fused-ring (bicyclic) bond motifs is 4. The van der Waals surface area contributed by atoms with Gasteiger partial charge in [0.25, 0.3) is 0 Å². The number of aromatic nitrogens is 2. The van der Waals surface area contributed by atoms with Crippen molar-refractivity contribution in [1.29, 1.82) is 0 Å². The maximum Gasteiger partial charge on any atom is 0.222 e. The molecule has 4 aromatic carbocycles. The second kappa shape index (κ2) is 12.7. The summed E-state index contributed by atoms with van der Waals surface area (Å²) in [5.41, 5.74) is 11.0. The van der Waals surface area contributed by atoms with E-state index in [1.807, 2.05) is 77.7 Å². The maximum absolute atomic E-state index is 13.4. The first-order chi connectivity index (χ1) is 21.1. The predicted octanol–water partition coefficient (Wildman–Crippen LogP) is 6.10. The zero-order chi connectivity index (χ0) is 29.6. The number of pyridine rings is 2. The topological polar surface area (TPSA) is 113 Å². The van der Waals surface area contributed by atoms with E-state index in [1.165, 1.54) is 0 Å². The number of amides is 2. The number of para-hydroxylation sites is 4. The summed E-state index contributed by atoms with van der Waals surface area (Å²) in [7, 11) is 0. The zero-order valence-corrected chi connectivity index (χ0v) is 23.9. The summed E-state index contributed by atoms with van der Waals surface area (Å²) in [4.78, 5) is 36.2. The van der Waals surface area contributed by atoms with E-state index in [9.17, 15) is 9.59 Å². The Kier molecular flexibility index (Phi) is 8.26. The summed E-state index contributed by atoms with van der Waals surface area (Å²) in [6, 6.07) is 32.3. The minimum absolute atomic E-state index is 0.00117. The first kappa shape index (κ1) is 27.9. The molecule has 43 heavy (non-hydrogen) atoms. The molecular formula is C35H34N6O2. The number of carbonyl (C=O) groups excluding carboxylic acids is 2. The molecule has 8 nitrogen and oxygen atoms in total. The molecule has 0 unspecified atom stereocenters. The van der Waals surface area contributed by atoms with Crippen LogP contribution in [0.3, 0.4) is 0 Å². The van der Waals surface area contributed by atoms with Gasteiger partial charge >= 0.3 is 0 Å². The highest BCUT2D eigenvalue weighted by atomic mass is 16.2. The van der Waals surface area contributed by atoms with Gasteiger partial charge in [0.2, 0.25) is 11.8 Å². The van der Waals surface area contributed by atoms with Crippen LogP contribution in [0.2, 0.25) is 0 Å². The fourth-order valence-corrected chi connectivity index (χ4v) is 5.63. The summed E-state index contributed by atoms with van der Waals surface area (Å²) in [6.45, 7) is 2.11. The Labute approximate surface area is 249 Å². The Morgan fingerprint density at radius 2 is 0.953 bits per heavy atom. The van der Waals surface area contributed by atoms with Crippen LogP contribution in [0.4, 0.5) is 11.4 Å². The molecule has 4 N–H and O–H groups in total. The summed E-state index contributed by atoms with van der Waals surface area (Å²) < 4.78 is 0. The molecular weight excluding hydrogens is 536 g/mol. The Hall–Kier alpha value is -5.24. The molecule has 0 fully saturated rings. The van der Waals surface area contributed by atoms with Gasteiger partial charge in [-0.2, -0.15) is 0 Å². The van der Waals surface area contributed by atoms with E-state index in [0.29, 0.717) is 32.6 Å². The number of rotatable bonds is 12. The van der Waals surface area contributed by atoms with Crippen LogP contribution < -0.4 is 16.4 Å². The van der Waals surface area contributed by atoms with E-state index in [1.54, 1.807) is 0 Å². The molecule has 2 amide bonds. The van der Waals surface area contributed by atoms with Gasteiger partial charge < -0.3 is 21.3 Å². The highest BCUT2D eigenvalue weighted by Crippen LogP contribution is 2.31. The SMILES string of the molecule is NC(=O)CCCC(=O)N(CCNc1c2ccccc2nc2ccccc12)CCNc1c2ccccc2nc2ccccc12. The third-order valence-corrected chi connectivity index (χ3v) is 7.71. The summed E-state index contributed by atoms with van der Waals surface area (Å²) in [5.74, 6) is -0.394. The molecule has 0 spiro atoms. The zero-order valence-electron chi connectivity index (χ0n) is 23.9. The lowest BCUT2D eigenvalue weighted by molar-refractivity contribution is -0.131. The van der Waals surface area contributed by atoms with E-state index in [2.05, 4.69) is 34.9 Å². The number of benzene rings is 4. The molecule has 2 aromatic heterocycles. The van der Waals surface area contributed by atoms with Crippen molar-refractivity contribution in [3.05, 3.63) is 97.1 Å². The van der Waals surface area contributed by atoms with Gasteiger partial charge in [-0.25, -0.2) is 9.97 Å². The fraction of sp³-hybridized carbons (Fsp3) is 0.200. The molecule has 6 aromatic rings. The summed E-state index contributed by atoms with van der Waals surface area (Å²) in [5, 5.41) is 11.4. The van der Waals surface area contributed by atoms with Gasteiger partial charge in [0.15, 0.2) is 0 Å². The molecule has 2 heterocycles. The molecule has 0 bridgehead atoms. The van der Waals surface area contributed by atoms with Crippen molar-refractivity contribution in [1.82, 2.24) is 14.9 Å². The van der Waals surface area contributed by atoms with Crippen molar-refractivity contribution in [2.75, 3.05) is 36.8 Å². The molecule has 0 aliphatic rings. The number of hydrogen-bond donors (Lipinski definition) is 3. The van der Waals surface area contributed by atoms with Crippen molar-refractivity contribution in [3.63, 3.8) is 0 Å². The summed E-state index contributed by atoms with van der Waals surface area (Å²) >= 11 is 0. The second-order valence-electron chi connectivity index (χ2n) is 10.6. The Balaban J connectivity index is 1.21. The largest absolute Gasteiger partial charge is 0.382 e. The molecule has 8 heteroatoms. The number of anilines is 2. The first-order valence-electron chi connectivity index (χ1n) is 14.7. The monoisotopic (exact) mass is 570 g/mol. The van der Waals surface area contributed by atoms with Crippen LogP contribution in [0.1, 0.15) is 19.3 Å². The number of nitrogens with two attached hydrogens (primary N) is 1. The van der Waals surface area contributed by atoms with Gasteiger partial charge in [-0.15, -0.1) is 0 Å². The van der Waals surface area contributed by atoms with Crippen LogP contribution in [-0.4, -0.2) is 52.9 Å². The van der Waals surface area contributed by atoms with Crippen molar-refractivity contribution < 1.29 is 9.59 Å². The fourth-order valence-electron chi connectivity index (χ4n) is 5.63. The van der Waals surface area contributed by atoms with Crippen LogP contribution >= 0.6 is 0 Å².